The van der Waals surface area contributed by atoms with E-state index in [0.29, 0.717) is 6.04 Å². The molecule has 0 saturated heterocycles. The second kappa shape index (κ2) is 7.22. The van der Waals surface area contributed by atoms with Crippen LogP contribution in [0.2, 0.25) is 0 Å². The first-order valence-electron chi connectivity index (χ1n) is 4.90. The standard InChI is InChI=1S/C10H16BrN3S/c1-2-15-7-10(14-12)5-9-4-3-8(11)6-13-9/h3-4,6,10,14H,2,5,7,12H2,1H3. The van der Waals surface area contributed by atoms with E-state index in [1.165, 1.54) is 0 Å². The van der Waals surface area contributed by atoms with Gasteiger partial charge >= 0.3 is 0 Å². The molecule has 5 heteroatoms. The molecule has 0 bridgehead atoms. The quantitative estimate of drug-likeness (QED) is 0.621. The predicted octanol–water partition coefficient (Wildman–Crippen LogP) is 1.97. The molecule has 0 aliphatic carbocycles. The molecule has 0 aliphatic rings. The highest BCUT2D eigenvalue weighted by atomic mass is 79.9. The lowest BCUT2D eigenvalue weighted by Gasteiger charge is -2.14. The van der Waals surface area contributed by atoms with Crippen molar-refractivity contribution in [3.63, 3.8) is 0 Å². The highest BCUT2D eigenvalue weighted by molar-refractivity contribution is 9.10. The summed E-state index contributed by atoms with van der Waals surface area (Å²) in [5.74, 6) is 7.63. The smallest absolute Gasteiger partial charge is 0.0420 e. The topological polar surface area (TPSA) is 50.9 Å². The Labute approximate surface area is 103 Å². The molecule has 3 nitrogen and oxygen atoms in total. The number of thioether (sulfide) groups is 1. The summed E-state index contributed by atoms with van der Waals surface area (Å²) in [7, 11) is 0. The molecule has 0 radical (unpaired) electrons. The molecule has 0 aromatic carbocycles. The van der Waals surface area contributed by atoms with Gasteiger partial charge in [-0.1, -0.05) is 6.92 Å². The minimum Gasteiger partial charge on any atom is -0.271 e. The van der Waals surface area contributed by atoms with Gasteiger partial charge in [0.1, 0.15) is 0 Å². The van der Waals surface area contributed by atoms with Crippen LogP contribution in [0.5, 0.6) is 0 Å². The normalized spacial score (nSPS) is 12.7. The highest BCUT2D eigenvalue weighted by Crippen LogP contribution is 2.10. The number of nitrogens with one attached hydrogen (secondary N) is 1. The Balaban J connectivity index is 2.47. The van der Waals surface area contributed by atoms with Crippen molar-refractivity contribution in [3.8, 4) is 0 Å². The lowest BCUT2D eigenvalue weighted by molar-refractivity contribution is 0.569. The lowest BCUT2D eigenvalue weighted by Crippen LogP contribution is -2.38. The van der Waals surface area contributed by atoms with Gasteiger partial charge in [0.05, 0.1) is 0 Å². The van der Waals surface area contributed by atoms with Crippen LogP contribution in [-0.4, -0.2) is 22.5 Å². The number of rotatable bonds is 6. The summed E-state index contributed by atoms with van der Waals surface area (Å²) in [4.78, 5) is 4.32. The Morgan fingerprint density at radius 3 is 2.93 bits per heavy atom. The molecule has 1 heterocycles. The Bertz CT molecular complexity index is 279. The maximum Gasteiger partial charge on any atom is 0.0420 e. The Hall–Kier alpha value is -0.100. The molecular weight excluding hydrogens is 274 g/mol. The summed E-state index contributed by atoms with van der Waals surface area (Å²) in [6.45, 7) is 2.15. The molecule has 1 aromatic heterocycles. The fourth-order valence-electron chi connectivity index (χ4n) is 1.21. The third-order valence-electron chi connectivity index (χ3n) is 2.00. The number of halogens is 1. The van der Waals surface area contributed by atoms with E-state index in [1.807, 2.05) is 30.1 Å². The summed E-state index contributed by atoms with van der Waals surface area (Å²) in [5, 5.41) is 0. The molecule has 1 atom stereocenters. The van der Waals surface area contributed by atoms with Gasteiger partial charge in [0.15, 0.2) is 0 Å². The second-order valence-electron chi connectivity index (χ2n) is 3.19. The third kappa shape index (κ3) is 4.97. The SMILES string of the molecule is CCSCC(Cc1ccc(Br)cn1)NN. The van der Waals surface area contributed by atoms with Crippen LogP contribution < -0.4 is 11.3 Å². The highest BCUT2D eigenvalue weighted by Gasteiger charge is 2.07. The van der Waals surface area contributed by atoms with E-state index < -0.39 is 0 Å². The van der Waals surface area contributed by atoms with Gasteiger partial charge in [-0.25, -0.2) is 0 Å². The molecule has 0 fully saturated rings. The molecule has 3 N–H and O–H groups in total. The van der Waals surface area contributed by atoms with E-state index >= 15 is 0 Å². The number of pyridine rings is 1. The van der Waals surface area contributed by atoms with E-state index in [2.05, 4.69) is 33.3 Å². The van der Waals surface area contributed by atoms with Crippen LogP contribution in [0, 0.1) is 0 Å². The van der Waals surface area contributed by atoms with Gasteiger partial charge in [-0.15, -0.1) is 0 Å². The second-order valence-corrected chi connectivity index (χ2v) is 5.43. The van der Waals surface area contributed by atoms with Crippen LogP contribution in [0.15, 0.2) is 22.8 Å². The maximum absolute atomic E-state index is 5.49. The fraction of sp³-hybridized carbons (Fsp3) is 0.500. The van der Waals surface area contributed by atoms with Crippen LogP contribution in [0.3, 0.4) is 0 Å². The number of hydrogen-bond acceptors (Lipinski definition) is 4. The van der Waals surface area contributed by atoms with E-state index in [4.69, 9.17) is 5.84 Å². The Kier molecular flexibility index (Phi) is 6.24. The third-order valence-corrected chi connectivity index (χ3v) is 3.52. The van der Waals surface area contributed by atoms with Crippen molar-refractivity contribution in [2.45, 2.75) is 19.4 Å². The van der Waals surface area contributed by atoms with Crippen LogP contribution in [0.25, 0.3) is 0 Å². The Morgan fingerprint density at radius 2 is 2.40 bits per heavy atom. The summed E-state index contributed by atoms with van der Waals surface area (Å²) in [6.07, 6.45) is 2.69. The van der Waals surface area contributed by atoms with Gasteiger partial charge in [0.2, 0.25) is 0 Å². The molecule has 1 aromatic rings. The average Bonchev–Trinajstić information content (AvgIpc) is 2.27. The first-order chi connectivity index (χ1) is 7.26. The predicted molar refractivity (Wildman–Crippen MR) is 69.8 cm³/mol. The number of nitrogens with zero attached hydrogens (tertiary/aromatic N) is 1. The van der Waals surface area contributed by atoms with Crippen molar-refractivity contribution in [3.05, 3.63) is 28.5 Å². The van der Waals surface area contributed by atoms with Crippen molar-refractivity contribution < 1.29 is 0 Å². The zero-order chi connectivity index (χ0) is 11.1. The van der Waals surface area contributed by atoms with Crippen molar-refractivity contribution in [2.24, 2.45) is 5.84 Å². The summed E-state index contributed by atoms with van der Waals surface area (Å²) >= 11 is 5.25. The molecule has 15 heavy (non-hydrogen) atoms. The van der Waals surface area contributed by atoms with Crippen molar-refractivity contribution >= 4 is 27.7 Å². The van der Waals surface area contributed by atoms with Gasteiger partial charge in [0, 0.05) is 34.6 Å². The Morgan fingerprint density at radius 1 is 1.60 bits per heavy atom. The van der Waals surface area contributed by atoms with Crippen LogP contribution in [-0.2, 0) is 6.42 Å². The summed E-state index contributed by atoms with van der Waals surface area (Å²) in [5.41, 5.74) is 3.89. The van der Waals surface area contributed by atoms with Gasteiger partial charge in [0.25, 0.3) is 0 Å². The zero-order valence-electron chi connectivity index (χ0n) is 8.74. The minimum atomic E-state index is 0.295. The first kappa shape index (κ1) is 13.0. The number of hydrogen-bond donors (Lipinski definition) is 2. The van der Waals surface area contributed by atoms with Gasteiger partial charge in [-0.2, -0.15) is 11.8 Å². The van der Waals surface area contributed by atoms with Crippen molar-refractivity contribution in [1.29, 1.82) is 0 Å². The zero-order valence-corrected chi connectivity index (χ0v) is 11.1. The van der Waals surface area contributed by atoms with Crippen LogP contribution in [0.1, 0.15) is 12.6 Å². The van der Waals surface area contributed by atoms with E-state index in [9.17, 15) is 0 Å². The molecule has 0 amide bonds. The molecule has 0 spiro atoms. The lowest BCUT2D eigenvalue weighted by atomic mass is 10.2. The number of hydrazine groups is 1. The average molecular weight is 290 g/mol. The number of nitrogens with two attached hydrogens (primary N) is 1. The van der Waals surface area contributed by atoms with E-state index in [0.717, 1.165) is 28.1 Å². The van der Waals surface area contributed by atoms with E-state index in [1.54, 1.807) is 0 Å². The molecule has 0 aliphatic heterocycles. The van der Waals surface area contributed by atoms with Gasteiger partial charge < -0.3 is 0 Å². The summed E-state index contributed by atoms with van der Waals surface area (Å²) in [6, 6.07) is 4.32. The molecule has 84 valence electrons. The molecular formula is C10H16BrN3S. The maximum atomic E-state index is 5.49. The fourth-order valence-corrected chi connectivity index (χ4v) is 2.17. The largest absolute Gasteiger partial charge is 0.271 e. The van der Waals surface area contributed by atoms with Gasteiger partial charge in [-0.3, -0.25) is 16.3 Å². The van der Waals surface area contributed by atoms with Crippen molar-refractivity contribution in [1.82, 2.24) is 10.4 Å². The summed E-state index contributed by atoms with van der Waals surface area (Å²) < 4.78 is 1.01. The monoisotopic (exact) mass is 289 g/mol. The molecule has 1 unspecified atom stereocenters. The van der Waals surface area contributed by atoms with Crippen LogP contribution in [0.4, 0.5) is 0 Å². The van der Waals surface area contributed by atoms with Crippen molar-refractivity contribution in [2.75, 3.05) is 11.5 Å². The van der Waals surface area contributed by atoms with Crippen LogP contribution >= 0.6 is 27.7 Å². The minimum absolute atomic E-state index is 0.295. The molecule has 1 rings (SSSR count). The first-order valence-corrected chi connectivity index (χ1v) is 6.85. The van der Waals surface area contributed by atoms with E-state index in [-0.39, 0.29) is 0 Å². The number of aromatic nitrogens is 1. The molecule has 0 saturated carbocycles. The van der Waals surface area contributed by atoms with Gasteiger partial charge in [-0.05, 0) is 33.8 Å².